The molecular weight excluding hydrogens is 438 g/mol. The van der Waals surface area contributed by atoms with Gasteiger partial charge in [-0.25, -0.2) is 15.0 Å². The Labute approximate surface area is 195 Å². The Bertz CT molecular complexity index is 1210. The van der Waals surface area contributed by atoms with Gasteiger partial charge in [-0.05, 0) is 19.1 Å². The summed E-state index contributed by atoms with van der Waals surface area (Å²) in [4.78, 5) is 42.7. The van der Waals surface area contributed by atoms with E-state index in [-0.39, 0.29) is 23.9 Å². The molecule has 0 saturated carbocycles. The van der Waals surface area contributed by atoms with E-state index in [0.29, 0.717) is 22.3 Å². The van der Waals surface area contributed by atoms with Crippen LogP contribution in [0.4, 0.5) is 17.3 Å². The first kappa shape index (κ1) is 21.4. The van der Waals surface area contributed by atoms with Gasteiger partial charge in [-0.15, -0.1) is 0 Å². The van der Waals surface area contributed by atoms with Crippen molar-refractivity contribution in [2.45, 2.75) is 24.5 Å². The summed E-state index contributed by atoms with van der Waals surface area (Å²) in [6, 6.07) is 12.0. The molecule has 1 aromatic carbocycles. The van der Waals surface area contributed by atoms with Crippen molar-refractivity contribution in [1.82, 2.24) is 19.5 Å². The number of fused-ring (bicyclic) bond motifs is 1. The van der Waals surface area contributed by atoms with Gasteiger partial charge in [0.15, 0.2) is 5.16 Å². The number of rotatable bonds is 5. The van der Waals surface area contributed by atoms with Crippen molar-refractivity contribution in [2.75, 3.05) is 47.0 Å². The molecule has 33 heavy (non-hydrogen) atoms. The molecule has 1 fully saturated rings. The van der Waals surface area contributed by atoms with Crippen LogP contribution in [0.25, 0.3) is 0 Å². The smallest absolute Gasteiger partial charge is 0.257 e. The molecule has 5 rings (SSSR count). The maximum atomic E-state index is 12.7. The van der Waals surface area contributed by atoms with E-state index in [4.69, 9.17) is 0 Å². The summed E-state index contributed by atoms with van der Waals surface area (Å²) in [6.45, 7) is 5.22. The van der Waals surface area contributed by atoms with Gasteiger partial charge in [0.05, 0.1) is 6.04 Å². The van der Waals surface area contributed by atoms with Crippen LogP contribution in [0, 0.1) is 6.92 Å². The number of carbonyl (C=O) groups excluding carboxylic acids is 1. The highest BCUT2D eigenvalue weighted by atomic mass is 32.2. The van der Waals surface area contributed by atoms with Gasteiger partial charge >= 0.3 is 0 Å². The fraction of sp³-hybridized carbons (Fsp3) is 0.348. The van der Waals surface area contributed by atoms with Crippen molar-refractivity contribution in [3.63, 3.8) is 0 Å². The minimum atomic E-state index is -0.211. The van der Waals surface area contributed by atoms with Gasteiger partial charge in [0.25, 0.3) is 5.56 Å². The normalized spacial score (nSPS) is 17.7. The number of anilines is 3. The molecule has 4 heterocycles. The second-order valence-electron chi connectivity index (χ2n) is 8.19. The molecule has 0 aliphatic carbocycles. The molecule has 1 saturated heterocycles. The van der Waals surface area contributed by atoms with Gasteiger partial charge < -0.3 is 15.1 Å². The van der Waals surface area contributed by atoms with E-state index in [1.807, 2.05) is 12.1 Å². The van der Waals surface area contributed by atoms with Gasteiger partial charge in [0.2, 0.25) is 5.91 Å². The van der Waals surface area contributed by atoms with E-state index in [9.17, 15) is 9.59 Å². The average molecular weight is 464 g/mol. The zero-order valence-electron chi connectivity index (χ0n) is 18.3. The molecule has 2 aromatic heterocycles. The summed E-state index contributed by atoms with van der Waals surface area (Å²) in [5.74, 6) is 1.74. The third kappa shape index (κ3) is 4.56. The van der Waals surface area contributed by atoms with Gasteiger partial charge in [-0.1, -0.05) is 30.0 Å². The minimum absolute atomic E-state index is 0.0817. The number of piperazine rings is 1. The summed E-state index contributed by atoms with van der Waals surface area (Å²) >= 11 is 1.50. The number of hydrogen-bond donors (Lipinski definition) is 1. The van der Waals surface area contributed by atoms with Crippen LogP contribution in [0.2, 0.25) is 0 Å². The van der Waals surface area contributed by atoms with Crippen molar-refractivity contribution in [2.24, 2.45) is 0 Å². The van der Waals surface area contributed by atoms with E-state index in [2.05, 4.69) is 54.3 Å². The number of amides is 1. The van der Waals surface area contributed by atoms with Crippen molar-refractivity contribution in [3.8, 4) is 0 Å². The Balaban J connectivity index is 1.21. The number of aromatic nitrogens is 4. The van der Waals surface area contributed by atoms with Crippen molar-refractivity contribution in [1.29, 1.82) is 0 Å². The fourth-order valence-electron chi connectivity index (χ4n) is 4.20. The Morgan fingerprint density at radius 2 is 1.85 bits per heavy atom. The van der Waals surface area contributed by atoms with Crippen LogP contribution in [0.1, 0.15) is 18.0 Å². The number of nitrogens with zero attached hydrogens (tertiary/aromatic N) is 6. The van der Waals surface area contributed by atoms with E-state index < -0.39 is 0 Å². The standard InChI is InChI=1S/C23H25N7O2S/c1-16-13-24-23-30(22(16)32)18(14-33-23)11-21(31)27-19-12-20(26-15-25-19)29-9-7-28(8-10-29)17-5-3-2-4-6-17/h2-6,12-13,15,18H,7-11,14H2,1H3,(H,25,26,27,31). The monoisotopic (exact) mass is 463 g/mol. The van der Waals surface area contributed by atoms with Crippen LogP contribution in [0.3, 0.4) is 0 Å². The number of hydrogen-bond acceptors (Lipinski definition) is 8. The number of benzene rings is 1. The Hall–Kier alpha value is -3.40. The summed E-state index contributed by atoms with van der Waals surface area (Å²) in [6.07, 6.45) is 3.26. The number of aryl methyl sites for hydroxylation is 1. The zero-order chi connectivity index (χ0) is 22.8. The molecule has 170 valence electrons. The molecule has 1 atom stereocenters. The van der Waals surface area contributed by atoms with Gasteiger partial charge in [0, 0.05) is 61.9 Å². The van der Waals surface area contributed by atoms with E-state index in [1.54, 1.807) is 17.7 Å². The highest BCUT2D eigenvalue weighted by Gasteiger charge is 2.28. The number of carbonyl (C=O) groups is 1. The topological polar surface area (TPSA) is 96.2 Å². The first-order valence-electron chi connectivity index (χ1n) is 11.0. The summed E-state index contributed by atoms with van der Waals surface area (Å²) in [7, 11) is 0. The number of thioether (sulfide) groups is 1. The molecular formula is C23H25N7O2S. The number of para-hydroxylation sites is 1. The predicted octanol–water partition coefficient (Wildman–Crippen LogP) is 2.34. The first-order valence-corrected chi connectivity index (χ1v) is 11.9. The Morgan fingerprint density at radius 3 is 2.64 bits per heavy atom. The van der Waals surface area contributed by atoms with E-state index in [0.717, 1.165) is 32.0 Å². The van der Waals surface area contributed by atoms with Crippen LogP contribution in [0.5, 0.6) is 0 Å². The average Bonchev–Trinajstić information content (AvgIpc) is 3.25. The molecule has 9 nitrogen and oxygen atoms in total. The Kier molecular flexibility index (Phi) is 5.99. The molecule has 0 spiro atoms. The molecule has 0 radical (unpaired) electrons. The molecule has 2 aliphatic rings. The fourth-order valence-corrected chi connectivity index (χ4v) is 5.31. The van der Waals surface area contributed by atoms with Gasteiger partial charge in [0.1, 0.15) is 18.0 Å². The maximum absolute atomic E-state index is 12.7. The second-order valence-corrected chi connectivity index (χ2v) is 9.17. The lowest BCUT2D eigenvalue weighted by Gasteiger charge is -2.36. The largest absolute Gasteiger partial charge is 0.368 e. The Morgan fingerprint density at radius 1 is 1.09 bits per heavy atom. The molecule has 0 bridgehead atoms. The van der Waals surface area contributed by atoms with Crippen molar-refractivity contribution < 1.29 is 4.79 Å². The summed E-state index contributed by atoms with van der Waals surface area (Å²) in [5.41, 5.74) is 1.73. The molecule has 1 unspecified atom stereocenters. The summed E-state index contributed by atoms with van der Waals surface area (Å²) in [5, 5.41) is 3.54. The molecule has 2 aliphatic heterocycles. The first-order chi connectivity index (χ1) is 16.1. The molecule has 1 N–H and O–H groups in total. The molecule has 10 heteroatoms. The van der Waals surface area contributed by atoms with Crippen molar-refractivity contribution >= 4 is 35.0 Å². The molecule has 3 aromatic rings. The lowest BCUT2D eigenvalue weighted by Crippen LogP contribution is -2.46. The van der Waals surface area contributed by atoms with Crippen LogP contribution >= 0.6 is 11.8 Å². The molecule has 1 amide bonds. The summed E-state index contributed by atoms with van der Waals surface area (Å²) < 4.78 is 1.64. The third-order valence-corrected chi connectivity index (χ3v) is 7.08. The minimum Gasteiger partial charge on any atom is -0.368 e. The quantitative estimate of drug-likeness (QED) is 0.576. The predicted molar refractivity (Wildman–Crippen MR) is 129 cm³/mol. The SMILES string of the molecule is Cc1cnc2n(c1=O)C(CC(=O)Nc1cc(N3CCN(c4ccccc4)CC3)ncn1)CS2. The lowest BCUT2D eigenvalue weighted by molar-refractivity contribution is -0.116. The second kappa shape index (κ2) is 9.22. The van der Waals surface area contributed by atoms with Crippen LogP contribution in [-0.4, -0.2) is 57.4 Å². The maximum Gasteiger partial charge on any atom is 0.257 e. The van der Waals surface area contributed by atoms with Crippen LogP contribution in [-0.2, 0) is 4.79 Å². The number of nitrogens with one attached hydrogen (secondary N) is 1. The van der Waals surface area contributed by atoms with Crippen LogP contribution in [0.15, 0.2) is 58.9 Å². The highest BCUT2D eigenvalue weighted by molar-refractivity contribution is 7.99. The highest BCUT2D eigenvalue weighted by Crippen LogP contribution is 2.32. The lowest BCUT2D eigenvalue weighted by atomic mass is 10.2. The van der Waals surface area contributed by atoms with Crippen LogP contribution < -0.4 is 20.7 Å². The third-order valence-electron chi connectivity index (χ3n) is 5.97. The van der Waals surface area contributed by atoms with Crippen molar-refractivity contribution in [3.05, 3.63) is 64.8 Å². The van der Waals surface area contributed by atoms with E-state index in [1.165, 1.54) is 23.8 Å². The zero-order valence-corrected chi connectivity index (χ0v) is 19.2. The van der Waals surface area contributed by atoms with Gasteiger partial charge in [-0.3, -0.25) is 14.2 Å². The van der Waals surface area contributed by atoms with E-state index >= 15 is 0 Å². The van der Waals surface area contributed by atoms with Gasteiger partial charge in [-0.2, -0.15) is 0 Å².